The molecule has 13 heteroatoms. The Balaban J connectivity index is 2.14. The normalized spacial score (nSPS) is 48.1. The van der Waals surface area contributed by atoms with Gasteiger partial charge in [0.05, 0.1) is 0 Å². The number of aliphatic hydroxyl groups is 6. The molecule has 0 radical (unpaired) electrons. The molecular weight excluding hydrogens is 352 g/mol. The van der Waals surface area contributed by atoms with Crippen molar-refractivity contribution < 1.29 is 64.7 Å². The Labute approximate surface area is 139 Å². The molecule has 2 saturated heterocycles. The molecule has 8 N–H and O–H groups in total. The molecule has 0 aromatic rings. The van der Waals surface area contributed by atoms with Gasteiger partial charge in [0.25, 0.3) is 0 Å². The number of rotatable bonds is 4. The van der Waals surface area contributed by atoms with Crippen molar-refractivity contribution in [3.05, 3.63) is 0 Å². The average molecular weight is 370 g/mol. The van der Waals surface area contributed by atoms with Crippen LogP contribution in [0.2, 0.25) is 0 Å². The number of carbonyl (C=O) groups is 2. The van der Waals surface area contributed by atoms with Crippen molar-refractivity contribution in [2.24, 2.45) is 0 Å². The fourth-order valence-corrected chi connectivity index (χ4v) is 2.52. The molecule has 0 aromatic heterocycles. The summed E-state index contributed by atoms with van der Waals surface area (Å²) in [6.45, 7) is 0. The first kappa shape index (κ1) is 19.9. The second-order valence-electron chi connectivity index (χ2n) is 5.60. The van der Waals surface area contributed by atoms with Crippen LogP contribution in [0.25, 0.3) is 0 Å². The second-order valence-corrected chi connectivity index (χ2v) is 5.60. The zero-order valence-corrected chi connectivity index (χ0v) is 12.4. The van der Waals surface area contributed by atoms with Crippen molar-refractivity contribution in [2.75, 3.05) is 0 Å². The van der Waals surface area contributed by atoms with Gasteiger partial charge >= 0.3 is 11.9 Å². The average Bonchev–Trinajstić information content (AvgIpc) is 2.53. The molecule has 0 spiro atoms. The fourth-order valence-electron chi connectivity index (χ4n) is 2.52. The molecule has 25 heavy (non-hydrogen) atoms. The van der Waals surface area contributed by atoms with Gasteiger partial charge in [-0.3, -0.25) is 0 Å². The van der Waals surface area contributed by atoms with Crippen LogP contribution in [-0.4, -0.2) is 114 Å². The van der Waals surface area contributed by atoms with Gasteiger partial charge in [-0.1, -0.05) is 0 Å². The van der Waals surface area contributed by atoms with Gasteiger partial charge in [-0.25, -0.2) is 9.59 Å². The van der Waals surface area contributed by atoms with E-state index in [2.05, 4.69) is 4.74 Å². The predicted molar refractivity (Wildman–Crippen MR) is 69.7 cm³/mol. The molecule has 2 heterocycles. The lowest BCUT2D eigenvalue weighted by molar-refractivity contribution is -0.354. The van der Waals surface area contributed by atoms with Crippen LogP contribution in [0, 0.1) is 0 Å². The fraction of sp³-hybridized carbons (Fsp3) is 0.833. The van der Waals surface area contributed by atoms with Crippen LogP contribution in [0.4, 0.5) is 0 Å². The summed E-state index contributed by atoms with van der Waals surface area (Å²) in [6.07, 6.45) is -19.8. The molecule has 2 fully saturated rings. The lowest BCUT2D eigenvalue weighted by Crippen LogP contribution is -2.65. The first-order valence-electron chi connectivity index (χ1n) is 7.06. The molecule has 13 nitrogen and oxygen atoms in total. The highest BCUT2D eigenvalue weighted by atomic mass is 16.7. The van der Waals surface area contributed by atoms with Crippen molar-refractivity contribution >= 4 is 11.9 Å². The summed E-state index contributed by atoms with van der Waals surface area (Å²) in [6, 6.07) is 0. The minimum atomic E-state index is -2.08. The predicted octanol–water partition coefficient (Wildman–Crippen LogP) is -5.21. The number of hydrogen-bond donors (Lipinski definition) is 8. The van der Waals surface area contributed by atoms with Crippen LogP contribution in [0.15, 0.2) is 0 Å². The molecule has 0 unspecified atom stereocenters. The zero-order valence-electron chi connectivity index (χ0n) is 12.4. The highest BCUT2D eigenvalue weighted by Gasteiger charge is 2.52. The van der Waals surface area contributed by atoms with Gasteiger partial charge < -0.3 is 55.1 Å². The summed E-state index contributed by atoms with van der Waals surface area (Å²) < 4.78 is 14.4. The molecule has 0 aliphatic carbocycles. The largest absolute Gasteiger partial charge is 0.479 e. The van der Waals surface area contributed by atoms with E-state index in [-0.39, 0.29) is 0 Å². The van der Waals surface area contributed by atoms with Crippen LogP contribution < -0.4 is 0 Å². The van der Waals surface area contributed by atoms with Crippen molar-refractivity contribution in [1.82, 2.24) is 0 Å². The van der Waals surface area contributed by atoms with Crippen molar-refractivity contribution in [3.8, 4) is 0 Å². The molecule has 144 valence electrons. The molecule has 2 aliphatic heterocycles. The Bertz CT molecular complexity index is 511. The van der Waals surface area contributed by atoms with Crippen LogP contribution >= 0.6 is 0 Å². The van der Waals surface area contributed by atoms with E-state index in [1.807, 2.05) is 0 Å². The number of hydrogen-bond acceptors (Lipinski definition) is 11. The van der Waals surface area contributed by atoms with Gasteiger partial charge in [-0.15, -0.1) is 0 Å². The van der Waals surface area contributed by atoms with Gasteiger partial charge in [0.15, 0.2) is 24.8 Å². The zero-order chi connectivity index (χ0) is 19.0. The number of aliphatic carboxylic acids is 2. The SMILES string of the molecule is O=C(O)[C@H]1O[C@@H](O[C@@H]2[C@@H](O)[C@H](O)[C@@H](C(=O)O)O[C@H]2O)[C@H](O)[C@@H](O)[C@H]1O. The maximum absolute atomic E-state index is 11.0. The van der Waals surface area contributed by atoms with E-state index in [0.29, 0.717) is 0 Å². The molecule has 0 bridgehead atoms. The molecule has 0 aromatic carbocycles. The van der Waals surface area contributed by atoms with Crippen molar-refractivity contribution in [2.45, 2.75) is 61.4 Å². The van der Waals surface area contributed by atoms with Crippen LogP contribution in [0.5, 0.6) is 0 Å². The van der Waals surface area contributed by atoms with Gasteiger partial charge in [0.1, 0.15) is 36.6 Å². The van der Waals surface area contributed by atoms with E-state index in [9.17, 15) is 40.2 Å². The van der Waals surface area contributed by atoms with Crippen LogP contribution in [0.1, 0.15) is 0 Å². The maximum Gasteiger partial charge on any atom is 0.335 e. The number of aliphatic hydroxyl groups excluding tert-OH is 6. The van der Waals surface area contributed by atoms with E-state index < -0.39 is 73.4 Å². The Morgan fingerprint density at radius 1 is 0.680 bits per heavy atom. The third kappa shape index (κ3) is 3.74. The molecular formula is C12H18O13. The summed E-state index contributed by atoms with van der Waals surface area (Å²) in [7, 11) is 0. The smallest absolute Gasteiger partial charge is 0.335 e. The van der Waals surface area contributed by atoms with Crippen molar-refractivity contribution in [3.63, 3.8) is 0 Å². The van der Waals surface area contributed by atoms with Gasteiger partial charge in [0, 0.05) is 0 Å². The maximum atomic E-state index is 11.0. The summed E-state index contributed by atoms with van der Waals surface area (Å²) in [5.74, 6) is -3.35. The van der Waals surface area contributed by atoms with E-state index in [4.69, 9.17) is 19.7 Å². The lowest BCUT2D eigenvalue weighted by Gasteiger charge is -2.43. The van der Waals surface area contributed by atoms with Crippen molar-refractivity contribution in [1.29, 1.82) is 0 Å². The molecule has 10 atom stereocenters. The van der Waals surface area contributed by atoms with Crippen LogP contribution in [-0.2, 0) is 23.8 Å². The first-order valence-corrected chi connectivity index (χ1v) is 7.06. The van der Waals surface area contributed by atoms with Crippen LogP contribution in [0.3, 0.4) is 0 Å². The van der Waals surface area contributed by atoms with Gasteiger partial charge in [-0.05, 0) is 0 Å². The summed E-state index contributed by atoms with van der Waals surface area (Å²) in [5.41, 5.74) is 0. The van der Waals surface area contributed by atoms with Gasteiger partial charge in [0.2, 0.25) is 0 Å². The Hall–Kier alpha value is -1.42. The molecule has 2 aliphatic rings. The lowest BCUT2D eigenvalue weighted by atomic mass is 9.97. The minimum absolute atomic E-state index is 1.66. The second kappa shape index (κ2) is 7.45. The van der Waals surface area contributed by atoms with Gasteiger partial charge in [-0.2, -0.15) is 0 Å². The highest BCUT2D eigenvalue weighted by Crippen LogP contribution is 2.28. The highest BCUT2D eigenvalue weighted by molar-refractivity contribution is 5.73. The Morgan fingerprint density at radius 2 is 1.16 bits per heavy atom. The third-order valence-electron chi connectivity index (χ3n) is 3.91. The number of carboxylic acid groups (broad SMARTS) is 2. The molecule has 0 amide bonds. The molecule has 0 saturated carbocycles. The topological polar surface area (TPSA) is 224 Å². The number of ether oxygens (including phenoxy) is 3. The monoisotopic (exact) mass is 370 g/mol. The minimum Gasteiger partial charge on any atom is -0.479 e. The van der Waals surface area contributed by atoms with E-state index in [1.165, 1.54) is 0 Å². The first-order chi connectivity index (χ1) is 11.6. The quantitative estimate of drug-likeness (QED) is 0.232. The summed E-state index contributed by atoms with van der Waals surface area (Å²) in [4.78, 5) is 21.9. The molecule has 2 rings (SSSR count). The van der Waals surface area contributed by atoms with E-state index in [1.54, 1.807) is 0 Å². The standard InChI is InChI=1S/C12H18O13/c13-1-2(14)7(10(20)21)24-12(5(1)17)25-8-4(16)3(15)6(9(18)19)23-11(8)22/h1-8,11-17,22H,(H,18,19)(H,20,21)/t1-,2+,3-,4-,5+,6-,7-,8+,11+,12-/m0/s1. The van der Waals surface area contributed by atoms with E-state index >= 15 is 0 Å². The van der Waals surface area contributed by atoms with E-state index in [0.717, 1.165) is 0 Å². The Kier molecular flexibility index (Phi) is 5.93. The summed E-state index contributed by atoms with van der Waals surface area (Å²) >= 11 is 0. The number of carboxylic acids is 2. The summed E-state index contributed by atoms with van der Waals surface area (Å²) in [5, 5.41) is 76.1. The Morgan fingerprint density at radius 3 is 1.68 bits per heavy atom. The third-order valence-corrected chi connectivity index (χ3v) is 3.91.